The van der Waals surface area contributed by atoms with Gasteiger partial charge in [0.1, 0.15) is 12.1 Å². The van der Waals surface area contributed by atoms with Crippen molar-refractivity contribution >= 4 is 29.0 Å². The van der Waals surface area contributed by atoms with Gasteiger partial charge in [0.2, 0.25) is 5.88 Å². The van der Waals surface area contributed by atoms with Crippen molar-refractivity contribution in [2.75, 3.05) is 41.4 Å². The minimum absolute atomic E-state index is 0.586. The molecule has 1 N–H and O–H groups in total. The summed E-state index contributed by atoms with van der Waals surface area (Å²) in [6.07, 6.45) is 1.51. The van der Waals surface area contributed by atoms with Gasteiger partial charge in [-0.2, -0.15) is 11.8 Å². The molecule has 2 aromatic rings. The third kappa shape index (κ3) is 3.82. The third-order valence-electron chi connectivity index (χ3n) is 3.45. The highest BCUT2D eigenvalue weighted by atomic mass is 32.2. The Morgan fingerprint density at radius 2 is 1.95 bits per heavy atom. The van der Waals surface area contributed by atoms with Crippen LogP contribution in [0.3, 0.4) is 0 Å². The van der Waals surface area contributed by atoms with Crippen molar-refractivity contribution in [1.29, 1.82) is 0 Å². The molecule has 0 aliphatic carbocycles. The molecule has 0 amide bonds. The first-order chi connectivity index (χ1) is 10.8. The van der Waals surface area contributed by atoms with Crippen molar-refractivity contribution < 1.29 is 4.74 Å². The molecule has 0 bridgehead atoms. The molecule has 1 fully saturated rings. The number of nitrogens with one attached hydrogen (secondary N) is 1. The molecule has 6 heteroatoms. The summed E-state index contributed by atoms with van der Waals surface area (Å²) in [4.78, 5) is 10.7. The molecule has 3 rings (SSSR count). The van der Waals surface area contributed by atoms with Gasteiger partial charge in [-0.3, -0.25) is 0 Å². The predicted octanol–water partition coefficient (Wildman–Crippen LogP) is 3.17. The summed E-state index contributed by atoms with van der Waals surface area (Å²) in [7, 11) is 0. The van der Waals surface area contributed by atoms with E-state index in [4.69, 9.17) is 4.74 Å². The number of hydrogen-bond acceptors (Lipinski definition) is 6. The van der Waals surface area contributed by atoms with Crippen LogP contribution >= 0.6 is 11.8 Å². The Balaban J connectivity index is 1.66. The van der Waals surface area contributed by atoms with E-state index in [0.717, 1.165) is 24.6 Å². The maximum absolute atomic E-state index is 5.38. The SMILES string of the molecule is CCOc1cc(Nc2ccc(N3CCSCC3)cc2)ncn1. The Labute approximate surface area is 135 Å². The van der Waals surface area contributed by atoms with Gasteiger partial charge >= 0.3 is 0 Å². The summed E-state index contributed by atoms with van der Waals surface area (Å²) in [5.41, 5.74) is 2.29. The first-order valence-electron chi connectivity index (χ1n) is 7.50. The van der Waals surface area contributed by atoms with Crippen molar-refractivity contribution in [2.24, 2.45) is 0 Å². The lowest BCUT2D eigenvalue weighted by Crippen LogP contribution is -2.32. The van der Waals surface area contributed by atoms with Crippen molar-refractivity contribution in [3.8, 4) is 5.88 Å². The van der Waals surface area contributed by atoms with Gasteiger partial charge in [0.15, 0.2) is 0 Å². The van der Waals surface area contributed by atoms with Crippen LogP contribution in [0.5, 0.6) is 5.88 Å². The maximum atomic E-state index is 5.38. The molecule has 116 valence electrons. The summed E-state index contributed by atoms with van der Waals surface area (Å²) in [6, 6.07) is 10.3. The summed E-state index contributed by atoms with van der Waals surface area (Å²) < 4.78 is 5.38. The van der Waals surface area contributed by atoms with E-state index in [1.165, 1.54) is 23.5 Å². The summed E-state index contributed by atoms with van der Waals surface area (Å²) >= 11 is 2.02. The molecule has 1 aromatic heterocycles. The largest absolute Gasteiger partial charge is 0.478 e. The lowest BCUT2D eigenvalue weighted by Gasteiger charge is -2.28. The maximum Gasteiger partial charge on any atom is 0.218 e. The monoisotopic (exact) mass is 316 g/mol. The van der Waals surface area contributed by atoms with Gasteiger partial charge in [-0.05, 0) is 31.2 Å². The van der Waals surface area contributed by atoms with Crippen LogP contribution in [0.15, 0.2) is 36.7 Å². The Bertz CT molecular complexity index is 599. The number of anilines is 3. The number of benzene rings is 1. The first-order valence-corrected chi connectivity index (χ1v) is 8.65. The smallest absolute Gasteiger partial charge is 0.218 e. The second-order valence-electron chi connectivity index (χ2n) is 4.95. The van der Waals surface area contributed by atoms with Crippen molar-refractivity contribution in [1.82, 2.24) is 9.97 Å². The molecular weight excluding hydrogens is 296 g/mol. The Hall–Kier alpha value is -1.95. The lowest BCUT2D eigenvalue weighted by molar-refractivity contribution is 0.326. The molecule has 1 aliphatic heterocycles. The van der Waals surface area contributed by atoms with E-state index >= 15 is 0 Å². The fraction of sp³-hybridized carbons (Fsp3) is 0.375. The van der Waals surface area contributed by atoms with Crippen LogP contribution in [0.4, 0.5) is 17.2 Å². The zero-order chi connectivity index (χ0) is 15.2. The molecular formula is C16H20N4OS. The highest BCUT2D eigenvalue weighted by Crippen LogP contribution is 2.23. The zero-order valence-electron chi connectivity index (χ0n) is 12.7. The summed E-state index contributed by atoms with van der Waals surface area (Å²) in [6.45, 7) is 4.79. The normalized spacial score (nSPS) is 14.7. The van der Waals surface area contributed by atoms with Gasteiger partial charge in [-0.25, -0.2) is 9.97 Å². The molecule has 0 spiro atoms. The van der Waals surface area contributed by atoms with Crippen LogP contribution in [-0.2, 0) is 0 Å². The average molecular weight is 316 g/mol. The molecule has 22 heavy (non-hydrogen) atoms. The fourth-order valence-electron chi connectivity index (χ4n) is 2.36. The van der Waals surface area contributed by atoms with Crippen LogP contribution in [-0.4, -0.2) is 41.2 Å². The van der Waals surface area contributed by atoms with Gasteiger partial charge in [-0.1, -0.05) is 0 Å². The standard InChI is InChI=1S/C16H20N4OS/c1-2-21-16-11-15(17-12-18-16)19-13-3-5-14(6-4-13)20-7-9-22-10-8-20/h3-6,11-12H,2,7-10H2,1H3,(H,17,18,19). The molecule has 0 unspecified atom stereocenters. The van der Waals surface area contributed by atoms with E-state index in [2.05, 4.69) is 44.5 Å². The molecule has 0 atom stereocenters. The van der Waals surface area contributed by atoms with Crippen LogP contribution in [0.25, 0.3) is 0 Å². The zero-order valence-corrected chi connectivity index (χ0v) is 13.5. The molecule has 1 saturated heterocycles. The van der Waals surface area contributed by atoms with Crippen LogP contribution in [0.2, 0.25) is 0 Å². The van der Waals surface area contributed by atoms with Crippen LogP contribution in [0, 0.1) is 0 Å². The molecule has 0 saturated carbocycles. The van der Waals surface area contributed by atoms with E-state index in [-0.39, 0.29) is 0 Å². The van der Waals surface area contributed by atoms with E-state index < -0.39 is 0 Å². The fourth-order valence-corrected chi connectivity index (χ4v) is 3.26. The first kappa shape index (κ1) is 15.0. The summed E-state index contributed by atoms with van der Waals surface area (Å²) in [5.74, 6) is 3.74. The quantitative estimate of drug-likeness (QED) is 0.914. The van der Waals surface area contributed by atoms with Crippen LogP contribution in [0.1, 0.15) is 6.92 Å². The van der Waals surface area contributed by atoms with E-state index in [9.17, 15) is 0 Å². The second kappa shape index (κ2) is 7.35. The number of rotatable bonds is 5. The number of aromatic nitrogens is 2. The van der Waals surface area contributed by atoms with Gasteiger partial charge in [-0.15, -0.1) is 0 Å². The number of hydrogen-bond donors (Lipinski definition) is 1. The van der Waals surface area contributed by atoms with Gasteiger partial charge < -0.3 is 15.0 Å². The number of thioether (sulfide) groups is 1. The van der Waals surface area contributed by atoms with Gasteiger partial charge in [0.05, 0.1) is 6.61 Å². The minimum Gasteiger partial charge on any atom is -0.478 e. The highest BCUT2D eigenvalue weighted by Gasteiger charge is 2.10. The predicted molar refractivity (Wildman–Crippen MR) is 92.5 cm³/mol. The van der Waals surface area contributed by atoms with Gasteiger partial charge in [0.25, 0.3) is 0 Å². The molecule has 1 aliphatic rings. The van der Waals surface area contributed by atoms with E-state index in [0.29, 0.717) is 12.5 Å². The van der Waals surface area contributed by atoms with E-state index in [1.807, 2.05) is 18.7 Å². The second-order valence-corrected chi connectivity index (χ2v) is 6.17. The van der Waals surface area contributed by atoms with Crippen molar-refractivity contribution in [2.45, 2.75) is 6.92 Å². The highest BCUT2D eigenvalue weighted by molar-refractivity contribution is 7.99. The molecule has 0 radical (unpaired) electrons. The van der Waals surface area contributed by atoms with Gasteiger partial charge in [0, 0.05) is 42.0 Å². The van der Waals surface area contributed by atoms with Crippen LogP contribution < -0.4 is 15.0 Å². The van der Waals surface area contributed by atoms with Crippen molar-refractivity contribution in [3.63, 3.8) is 0 Å². The summed E-state index contributed by atoms with van der Waals surface area (Å²) in [5, 5.41) is 3.28. The number of ether oxygens (including phenoxy) is 1. The Kier molecular flexibility index (Phi) is 5.00. The molecule has 5 nitrogen and oxygen atoms in total. The molecule has 2 heterocycles. The topological polar surface area (TPSA) is 50.3 Å². The number of nitrogens with zero attached hydrogens (tertiary/aromatic N) is 3. The van der Waals surface area contributed by atoms with Crippen molar-refractivity contribution in [3.05, 3.63) is 36.7 Å². The lowest BCUT2D eigenvalue weighted by atomic mass is 10.2. The Morgan fingerprint density at radius 3 is 2.68 bits per heavy atom. The van der Waals surface area contributed by atoms with E-state index in [1.54, 1.807) is 6.07 Å². The third-order valence-corrected chi connectivity index (χ3v) is 4.39. The average Bonchev–Trinajstić information content (AvgIpc) is 2.57. The molecule has 1 aromatic carbocycles. The Morgan fingerprint density at radius 1 is 1.18 bits per heavy atom. The minimum atomic E-state index is 0.586.